The molecule has 0 N–H and O–H groups in total. The summed E-state index contributed by atoms with van der Waals surface area (Å²) in [6.07, 6.45) is 9.26. The Hall–Kier alpha value is 0.580. The fourth-order valence-corrected chi connectivity index (χ4v) is 2.24. The monoisotopic (exact) mass is 194 g/mol. The van der Waals surface area contributed by atoms with Crippen molar-refractivity contribution in [2.24, 2.45) is 5.92 Å². The molecule has 1 aliphatic rings. The first-order valence-corrected chi connectivity index (χ1v) is 5.46. The van der Waals surface area contributed by atoms with Crippen LogP contribution in [0.4, 0.5) is 0 Å². The molecule has 0 aromatic carbocycles. The Morgan fingerprint density at radius 1 is 0.818 bits per heavy atom. The van der Waals surface area contributed by atoms with E-state index in [1.165, 1.54) is 44.9 Å². The highest BCUT2D eigenvalue weighted by atomic mass is 35.5. The minimum atomic E-state index is -0.131. The van der Waals surface area contributed by atoms with Gasteiger partial charge in [-0.2, -0.15) is 0 Å². The van der Waals surface area contributed by atoms with E-state index in [-0.39, 0.29) is 4.84 Å². The van der Waals surface area contributed by atoms with Crippen molar-refractivity contribution >= 4 is 23.2 Å². The second-order valence-electron chi connectivity index (χ2n) is 3.44. The highest BCUT2D eigenvalue weighted by Crippen LogP contribution is 2.29. The first-order valence-electron chi connectivity index (χ1n) is 4.59. The Labute approximate surface area is 79.3 Å². The second kappa shape index (κ2) is 5.27. The van der Waals surface area contributed by atoms with Crippen LogP contribution in [-0.2, 0) is 0 Å². The van der Waals surface area contributed by atoms with Gasteiger partial charge in [-0.05, 0) is 18.8 Å². The molecule has 2 heteroatoms. The zero-order valence-corrected chi connectivity index (χ0v) is 8.37. The second-order valence-corrected chi connectivity index (χ2v) is 4.60. The van der Waals surface area contributed by atoms with E-state index in [4.69, 9.17) is 23.2 Å². The van der Waals surface area contributed by atoms with Crippen LogP contribution in [-0.4, -0.2) is 4.84 Å². The van der Waals surface area contributed by atoms with E-state index in [0.717, 1.165) is 0 Å². The van der Waals surface area contributed by atoms with Crippen molar-refractivity contribution in [1.82, 2.24) is 0 Å². The van der Waals surface area contributed by atoms with Crippen LogP contribution in [0.15, 0.2) is 0 Å². The third-order valence-corrected chi connectivity index (χ3v) is 3.22. The van der Waals surface area contributed by atoms with Gasteiger partial charge in [-0.15, -0.1) is 23.2 Å². The molecule has 1 saturated carbocycles. The normalized spacial score (nSPS) is 23.2. The molecule has 0 bridgehead atoms. The summed E-state index contributed by atoms with van der Waals surface area (Å²) in [5.74, 6) is 0.568. The molecule has 0 atom stereocenters. The van der Waals surface area contributed by atoms with Crippen molar-refractivity contribution in [2.45, 2.75) is 49.8 Å². The van der Waals surface area contributed by atoms with Gasteiger partial charge in [-0.1, -0.05) is 32.1 Å². The zero-order chi connectivity index (χ0) is 8.10. The smallest absolute Gasteiger partial charge is 0.105 e. The maximum atomic E-state index is 5.85. The van der Waals surface area contributed by atoms with Crippen molar-refractivity contribution in [3.05, 3.63) is 0 Å². The molecule has 0 nitrogen and oxygen atoms in total. The number of rotatable bonds is 1. The van der Waals surface area contributed by atoms with Gasteiger partial charge < -0.3 is 0 Å². The zero-order valence-electron chi connectivity index (χ0n) is 6.86. The van der Waals surface area contributed by atoms with Gasteiger partial charge in [0.1, 0.15) is 4.84 Å². The van der Waals surface area contributed by atoms with E-state index >= 15 is 0 Å². The largest absolute Gasteiger partial charge is 0.110 e. The fraction of sp³-hybridized carbons (Fsp3) is 1.00. The van der Waals surface area contributed by atoms with Crippen LogP contribution >= 0.6 is 23.2 Å². The molecule has 0 saturated heterocycles. The molecule has 1 rings (SSSR count). The molecule has 0 heterocycles. The summed E-state index contributed by atoms with van der Waals surface area (Å²) in [6, 6.07) is 0. The van der Waals surface area contributed by atoms with Crippen molar-refractivity contribution < 1.29 is 0 Å². The van der Waals surface area contributed by atoms with Crippen LogP contribution in [0.2, 0.25) is 0 Å². The van der Waals surface area contributed by atoms with Gasteiger partial charge >= 0.3 is 0 Å². The van der Waals surface area contributed by atoms with Gasteiger partial charge in [-0.3, -0.25) is 0 Å². The molecule has 0 radical (unpaired) electrons. The van der Waals surface area contributed by atoms with Crippen LogP contribution in [0.1, 0.15) is 44.9 Å². The lowest BCUT2D eigenvalue weighted by Crippen LogP contribution is -2.10. The third-order valence-electron chi connectivity index (χ3n) is 2.51. The van der Waals surface area contributed by atoms with Crippen LogP contribution in [0.25, 0.3) is 0 Å². The summed E-state index contributed by atoms with van der Waals surface area (Å²) in [5, 5.41) is 0. The summed E-state index contributed by atoms with van der Waals surface area (Å²) >= 11 is 11.7. The summed E-state index contributed by atoms with van der Waals surface area (Å²) in [6.45, 7) is 0. The van der Waals surface area contributed by atoms with Gasteiger partial charge in [0.15, 0.2) is 0 Å². The Morgan fingerprint density at radius 3 is 1.73 bits per heavy atom. The molecule has 0 aromatic heterocycles. The summed E-state index contributed by atoms with van der Waals surface area (Å²) in [7, 11) is 0. The Balaban J connectivity index is 2.26. The number of hydrogen-bond donors (Lipinski definition) is 0. The van der Waals surface area contributed by atoms with Crippen molar-refractivity contribution in [3.8, 4) is 0 Å². The molecule has 1 fully saturated rings. The third kappa shape index (κ3) is 3.66. The SMILES string of the molecule is ClC(Cl)C1CCCCCCC1. The molecule has 11 heavy (non-hydrogen) atoms. The minimum absolute atomic E-state index is 0.131. The van der Waals surface area contributed by atoms with Crippen LogP contribution in [0.3, 0.4) is 0 Å². The molecule has 1 aliphatic carbocycles. The molecule has 0 aliphatic heterocycles. The number of hydrogen-bond acceptors (Lipinski definition) is 0. The van der Waals surface area contributed by atoms with Crippen LogP contribution < -0.4 is 0 Å². The lowest BCUT2D eigenvalue weighted by Gasteiger charge is -2.19. The number of alkyl halides is 2. The summed E-state index contributed by atoms with van der Waals surface area (Å²) in [4.78, 5) is -0.131. The van der Waals surface area contributed by atoms with E-state index in [1.807, 2.05) is 0 Å². The average Bonchev–Trinajstić information content (AvgIpc) is 1.84. The van der Waals surface area contributed by atoms with Crippen molar-refractivity contribution in [2.75, 3.05) is 0 Å². The molecular formula is C9H16Cl2. The molecule has 0 unspecified atom stereocenters. The standard InChI is InChI=1S/C9H16Cl2/c10-9(11)8-6-4-2-1-3-5-7-8/h8-9H,1-7H2. The highest BCUT2D eigenvalue weighted by Gasteiger charge is 2.17. The maximum Gasteiger partial charge on any atom is 0.110 e. The maximum absolute atomic E-state index is 5.85. The molecule has 66 valence electrons. The Morgan fingerprint density at radius 2 is 1.27 bits per heavy atom. The Bertz CT molecular complexity index is 93.7. The molecule has 0 amide bonds. The predicted octanol–water partition coefficient (Wildman–Crippen LogP) is 4.15. The first-order chi connectivity index (χ1) is 5.30. The average molecular weight is 195 g/mol. The topological polar surface area (TPSA) is 0 Å². The van der Waals surface area contributed by atoms with E-state index < -0.39 is 0 Å². The minimum Gasteiger partial charge on any atom is -0.105 e. The fourth-order valence-electron chi connectivity index (χ4n) is 1.74. The lowest BCUT2D eigenvalue weighted by molar-refractivity contribution is 0.396. The quantitative estimate of drug-likeness (QED) is 0.551. The first kappa shape index (κ1) is 9.67. The van der Waals surface area contributed by atoms with Crippen molar-refractivity contribution in [3.63, 3.8) is 0 Å². The van der Waals surface area contributed by atoms with E-state index in [0.29, 0.717) is 5.92 Å². The predicted molar refractivity (Wildman–Crippen MR) is 51.3 cm³/mol. The van der Waals surface area contributed by atoms with Gasteiger partial charge in [0.05, 0.1) is 0 Å². The van der Waals surface area contributed by atoms with E-state index in [9.17, 15) is 0 Å². The summed E-state index contributed by atoms with van der Waals surface area (Å²) < 4.78 is 0. The molecule has 0 spiro atoms. The van der Waals surface area contributed by atoms with Gasteiger partial charge in [0, 0.05) is 0 Å². The van der Waals surface area contributed by atoms with Crippen LogP contribution in [0.5, 0.6) is 0 Å². The van der Waals surface area contributed by atoms with Crippen LogP contribution in [0, 0.1) is 5.92 Å². The lowest BCUT2D eigenvalue weighted by atomic mass is 9.92. The van der Waals surface area contributed by atoms with Gasteiger partial charge in [0.2, 0.25) is 0 Å². The van der Waals surface area contributed by atoms with Gasteiger partial charge in [-0.25, -0.2) is 0 Å². The van der Waals surface area contributed by atoms with Crippen molar-refractivity contribution in [1.29, 1.82) is 0 Å². The summed E-state index contributed by atoms with van der Waals surface area (Å²) in [5.41, 5.74) is 0. The van der Waals surface area contributed by atoms with E-state index in [1.54, 1.807) is 0 Å². The highest BCUT2D eigenvalue weighted by molar-refractivity contribution is 6.44. The number of halogens is 2. The molecule has 0 aromatic rings. The van der Waals surface area contributed by atoms with E-state index in [2.05, 4.69) is 0 Å². The Kier molecular flexibility index (Phi) is 4.63. The molecular weight excluding hydrogens is 179 g/mol. The van der Waals surface area contributed by atoms with Gasteiger partial charge in [0.25, 0.3) is 0 Å².